The van der Waals surface area contributed by atoms with Gasteiger partial charge in [-0.3, -0.25) is 0 Å². The van der Waals surface area contributed by atoms with E-state index in [1.807, 2.05) is 72.8 Å². The molecule has 0 aromatic heterocycles. The summed E-state index contributed by atoms with van der Waals surface area (Å²) in [6.45, 7) is 1.00. The topological polar surface area (TPSA) is 55.2 Å². The Hall–Kier alpha value is -4.22. The predicted molar refractivity (Wildman–Crippen MR) is 147 cm³/mol. The first-order chi connectivity index (χ1) is 18.3. The van der Waals surface area contributed by atoms with Crippen LogP contribution in [0.3, 0.4) is 0 Å². The van der Waals surface area contributed by atoms with Gasteiger partial charge in [-0.1, -0.05) is 121 Å². The van der Waals surface area contributed by atoms with Gasteiger partial charge in [0.05, 0.1) is 13.1 Å². The van der Waals surface area contributed by atoms with Gasteiger partial charge in [-0.05, 0) is 22.3 Å². The molecule has 4 aromatic carbocycles. The molecule has 0 spiro atoms. The van der Waals surface area contributed by atoms with Gasteiger partial charge in [0.2, 0.25) is 0 Å². The van der Waals surface area contributed by atoms with Gasteiger partial charge in [-0.2, -0.15) is 0 Å². The molecule has 2 aliphatic rings. The number of nitrogens with one attached hydrogen (secondary N) is 1. The van der Waals surface area contributed by atoms with Crippen LogP contribution < -0.4 is 5.32 Å². The SMILES string of the molecule is c1ccc([C@H]2N=C(CNCC3=N[C@H](c4ccccc4)[C@@H](c4ccccc4)O3)O[C@@H]2c2ccccc2)cc1. The highest BCUT2D eigenvalue weighted by molar-refractivity contribution is 5.83. The molecule has 4 aromatic rings. The molecule has 6 rings (SSSR count). The summed E-state index contributed by atoms with van der Waals surface area (Å²) in [5.41, 5.74) is 4.53. The highest BCUT2D eigenvalue weighted by Crippen LogP contribution is 2.41. The number of rotatable bonds is 8. The molecule has 5 heteroatoms. The molecule has 37 heavy (non-hydrogen) atoms. The van der Waals surface area contributed by atoms with Crippen molar-refractivity contribution in [3.05, 3.63) is 144 Å². The third-order valence-corrected chi connectivity index (χ3v) is 6.76. The summed E-state index contributed by atoms with van der Waals surface area (Å²) in [5.74, 6) is 1.39. The first-order valence-corrected chi connectivity index (χ1v) is 12.7. The van der Waals surface area contributed by atoms with E-state index in [1.165, 1.54) is 0 Å². The Labute approximate surface area is 217 Å². The fraction of sp³-hybridized carbons (Fsp3) is 0.188. The Morgan fingerprint density at radius 2 is 0.784 bits per heavy atom. The fourth-order valence-electron chi connectivity index (χ4n) is 4.96. The average molecular weight is 488 g/mol. The lowest BCUT2D eigenvalue weighted by molar-refractivity contribution is 0.189. The van der Waals surface area contributed by atoms with Crippen LogP contribution >= 0.6 is 0 Å². The molecular formula is C32H29N3O2. The zero-order valence-corrected chi connectivity index (χ0v) is 20.5. The van der Waals surface area contributed by atoms with Crippen molar-refractivity contribution in [1.29, 1.82) is 0 Å². The summed E-state index contributed by atoms with van der Waals surface area (Å²) in [5, 5.41) is 3.45. The van der Waals surface area contributed by atoms with Crippen molar-refractivity contribution in [3.63, 3.8) is 0 Å². The molecule has 0 radical (unpaired) electrons. The van der Waals surface area contributed by atoms with Gasteiger partial charge < -0.3 is 14.8 Å². The Morgan fingerprint density at radius 3 is 1.14 bits per heavy atom. The second-order valence-corrected chi connectivity index (χ2v) is 9.26. The molecule has 0 aliphatic carbocycles. The number of hydrogen-bond donors (Lipinski definition) is 1. The van der Waals surface area contributed by atoms with Crippen molar-refractivity contribution in [1.82, 2.24) is 5.32 Å². The van der Waals surface area contributed by atoms with Crippen molar-refractivity contribution in [3.8, 4) is 0 Å². The molecule has 1 N–H and O–H groups in total. The van der Waals surface area contributed by atoms with Crippen molar-refractivity contribution >= 4 is 11.8 Å². The number of hydrogen-bond acceptors (Lipinski definition) is 5. The van der Waals surface area contributed by atoms with Crippen molar-refractivity contribution < 1.29 is 9.47 Å². The van der Waals surface area contributed by atoms with Crippen LogP contribution in [-0.2, 0) is 9.47 Å². The Kier molecular flexibility index (Phi) is 6.78. The molecule has 4 atom stereocenters. The predicted octanol–water partition coefficient (Wildman–Crippen LogP) is 6.40. The summed E-state index contributed by atoms with van der Waals surface area (Å²) in [6.07, 6.45) is -0.296. The summed E-state index contributed by atoms with van der Waals surface area (Å²) in [7, 11) is 0. The van der Waals surface area contributed by atoms with Crippen LogP contribution in [0.1, 0.15) is 46.5 Å². The minimum atomic E-state index is -0.148. The van der Waals surface area contributed by atoms with E-state index in [0.29, 0.717) is 24.9 Å². The van der Waals surface area contributed by atoms with Gasteiger partial charge in [0, 0.05) is 0 Å². The van der Waals surface area contributed by atoms with E-state index in [0.717, 1.165) is 22.3 Å². The molecular weight excluding hydrogens is 458 g/mol. The average Bonchev–Trinajstić information content (AvgIpc) is 3.60. The maximum absolute atomic E-state index is 6.37. The van der Waals surface area contributed by atoms with Crippen LogP contribution in [0.5, 0.6) is 0 Å². The third kappa shape index (κ3) is 5.18. The molecule has 2 aliphatic heterocycles. The Bertz CT molecular complexity index is 1250. The first kappa shape index (κ1) is 23.2. The monoisotopic (exact) mass is 487 g/mol. The Balaban J connectivity index is 1.15. The van der Waals surface area contributed by atoms with Crippen LogP contribution in [0.15, 0.2) is 131 Å². The molecule has 0 bridgehead atoms. The first-order valence-electron chi connectivity index (χ1n) is 12.7. The van der Waals surface area contributed by atoms with E-state index in [4.69, 9.17) is 19.5 Å². The van der Waals surface area contributed by atoms with E-state index in [9.17, 15) is 0 Å². The number of nitrogens with zero attached hydrogens (tertiary/aromatic N) is 2. The van der Waals surface area contributed by atoms with E-state index in [1.54, 1.807) is 0 Å². The number of ether oxygens (including phenoxy) is 2. The molecule has 0 amide bonds. The largest absolute Gasteiger partial charge is 0.469 e. The Morgan fingerprint density at radius 1 is 0.459 bits per heavy atom. The van der Waals surface area contributed by atoms with Crippen molar-refractivity contribution in [2.45, 2.75) is 24.3 Å². The molecule has 0 unspecified atom stereocenters. The smallest absolute Gasteiger partial charge is 0.199 e. The van der Waals surface area contributed by atoms with Crippen LogP contribution in [-0.4, -0.2) is 24.9 Å². The maximum Gasteiger partial charge on any atom is 0.199 e. The van der Waals surface area contributed by atoms with E-state index in [2.05, 4.69) is 53.8 Å². The molecule has 184 valence electrons. The van der Waals surface area contributed by atoms with Crippen LogP contribution in [0.2, 0.25) is 0 Å². The summed E-state index contributed by atoms with van der Waals surface area (Å²) in [4.78, 5) is 9.91. The minimum Gasteiger partial charge on any atom is -0.469 e. The summed E-state index contributed by atoms with van der Waals surface area (Å²) < 4.78 is 12.7. The molecule has 0 saturated heterocycles. The lowest BCUT2D eigenvalue weighted by Crippen LogP contribution is -2.29. The fourth-order valence-corrected chi connectivity index (χ4v) is 4.96. The van der Waals surface area contributed by atoms with Gasteiger partial charge in [-0.15, -0.1) is 0 Å². The number of aliphatic imine (C=N–C) groups is 2. The number of benzene rings is 4. The summed E-state index contributed by atoms with van der Waals surface area (Å²) >= 11 is 0. The lowest BCUT2D eigenvalue weighted by atomic mass is 9.97. The second kappa shape index (κ2) is 10.8. The highest BCUT2D eigenvalue weighted by atomic mass is 16.5. The second-order valence-electron chi connectivity index (χ2n) is 9.26. The van der Waals surface area contributed by atoms with E-state index >= 15 is 0 Å². The quantitative estimate of drug-likeness (QED) is 0.313. The zero-order valence-electron chi connectivity index (χ0n) is 20.5. The van der Waals surface area contributed by atoms with Gasteiger partial charge in [0.25, 0.3) is 0 Å². The maximum atomic E-state index is 6.37. The third-order valence-electron chi connectivity index (χ3n) is 6.76. The van der Waals surface area contributed by atoms with Crippen LogP contribution in [0.25, 0.3) is 0 Å². The van der Waals surface area contributed by atoms with Gasteiger partial charge >= 0.3 is 0 Å². The molecule has 0 fully saturated rings. The minimum absolute atomic E-state index is 0.0783. The van der Waals surface area contributed by atoms with Crippen molar-refractivity contribution in [2.75, 3.05) is 13.1 Å². The molecule has 5 nitrogen and oxygen atoms in total. The van der Waals surface area contributed by atoms with Gasteiger partial charge in [-0.25, -0.2) is 9.98 Å². The summed E-state index contributed by atoms with van der Waals surface area (Å²) in [6, 6.07) is 41.1. The standard InChI is InChI=1S/C32H29N3O2/c1-5-13-23(14-6-1)29-31(25-17-9-3-10-18-25)36-27(34-29)21-33-22-28-35-30(24-15-7-2-8-16-24)32(37-28)26-19-11-4-12-20-26/h1-20,29-33H,21-22H2/t29-,30-,31-,32-/m1/s1. The van der Waals surface area contributed by atoms with Crippen LogP contribution in [0, 0.1) is 0 Å². The van der Waals surface area contributed by atoms with E-state index in [-0.39, 0.29) is 24.3 Å². The van der Waals surface area contributed by atoms with Gasteiger partial charge in [0.15, 0.2) is 24.0 Å². The molecule has 2 heterocycles. The van der Waals surface area contributed by atoms with Crippen molar-refractivity contribution in [2.24, 2.45) is 9.98 Å². The lowest BCUT2D eigenvalue weighted by Gasteiger charge is -2.19. The molecule has 0 saturated carbocycles. The normalized spacial score (nSPS) is 22.6. The van der Waals surface area contributed by atoms with Gasteiger partial charge in [0.1, 0.15) is 12.1 Å². The zero-order chi connectivity index (χ0) is 24.9. The highest BCUT2D eigenvalue weighted by Gasteiger charge is 2.35. The van der Waals surface area contributed by atoms with Crippen LogP contribution in [0.4, 0.5) is 0 Å². The van der Waals surface area contributed by atoms with E-state index < -0.39 is 0 Å².